The third-order valence-corrected chi connectivity index (χ3v) is 3.96. The van der Waals surface area contributed by atoms with Gasteiger partial charge in [-0.05, 0) is 54.3 Å². The van der Waals surface area contributed by atoms with E-state index >= 15 is 0 Å². The van der Waals surface area contributed by atoms with Crippen molar-refractivity contribution in [3.63, 3.8) is 0 Å². The molecule has 0 amide bonds. The average Bonchev–Trinajstić information content (AvgIpc) is 3.02. The zero-order chi connectivity index (χ0) is 17.1. The van der Waals surface area contributed by atoms with Crippen LogP contribution in [0.2, 0.25) is 5.02 Å². The van der Waals surface area contributed by atoms with Gasteiger partial charge in [0, 0.05) is 10.6 Å². The molecule has 0 saturated carbocycles. The molecule has 0 saturated heterocycles. The van der Waals surface area contributed by atoms with Gasteiger partial charge in [0.1, 0.15) is 5.75 Å². The van der Waals surface area contributed by atoms with E-state index in [-0.39, 0.29) is 6.61 Å². The van der Waals surface area contributed by atoms with Crippen molar-refractivity contribution < 1.29 is 9.26 Å². The predicted molar refractivity (Wildman–Crippen MR) is 94.3 cm³/mol. The molecule has 0 aliphatic heterocycles. The third-order valence-electron chi connectivity index (χ3n) is 3.71. The summed E-state index contributed by atoms with van der Waals surface area (Å²) < 4.78 is 11.2. The Bertz CT molecular complexity index is 826. The largest absolute Gasteiger partial charge is 0.483 e. The molecule has 0 radical (unpaired) electrons. The van der Waals surface area contributed by atoms with Crippen molar-refractivity contribution in [1.82, 2.24) is 10.1 Å². The molecule has 3 rings (SSSR count). The molecule has 0 unspecified atom stereocenters. The highest BCUT2D eigenvalue weighted by Gasteiger charge is 2.12. The summed E-state index contributed by atoms with van der Waals surface area (Å²) >= 11 is 5.89. The van der Waals surface area contributed by atoms with Crippen molar-refractivity contribution in [2.75, 3.05) is 0 Å². The lowest BCUT2D eigenvalue weighted by Crippen LogP contribution is -2.00. The average molecular weight is 343 g/mol. The molecule has 4 nitrogen and oxygen atoms in total. The molecule has 1 aromatic heterocycles. The first-order chi connectivity index (χ1) is 11.5. The quantitative estimate of drug-likeness (QED) is 0.622. The molecule has 1 heterocycles. The van der Waals surface area contributed by atoms with Gasteiger partial charge in [0.25, 0.3) is 5.89 Å². The van der Waals surface area contributed by atoms with E-state index in [1.807, 2.05) is 25.1 Å². The van der Waals surface area contributed by atoms with E-state index in [1.165, 1.54) is 0 Å². The molecule has 24 heavy (non-hydrogen) atoms. The summed E-state index contributed by atoms with van der Waals surface area (Å²) in [4.78, 5) is 4.38. The minimum atomic E-state index is 0.240. The van der Waals surface area contributed by atoms with Crippen LogP contribution in [0, 0.1) is 6.92 Å². The van der Waals surface area contributed by atoms with Crippen LogP contribution in [-0.2, 0) is 6.61 Å². The van der Waals surface area contributed by atoms with Gasteiger partial charge in [-0.2, -0.15) is 4.98 Å². The number of hydrogen-bond acceptors (Lipinski definition) is 4. The van der Waals surface area contributed by atoms with Crippen LogP contribution in [0.15, 0.2) is 47.0 Å². The van der Waals surface area contributed by atoms with Gasteiger partial charge in [-0.25, -0.2) is 0 Å². The first-order valence-electron chi connectivity index (χ1n) is 7.85. The summed E-state index contributed by atoms with van der Waals surface area (Å²) in [5, 5.41) is 4.67. The molecule has 0 aliphatic carbocycles. The summed E-state index contributed by atoms with van der Waals surface area (Å²) in [6.45, 7) is 6.57. The predicted octanol–water partition coefficient (Wildman–Crippen LogP) is 5.40. The zero-order valence-electron chi connectivity index (χ0n) is 13.9. The van der Waals surface area contributed by atoms with Crippen molar-refractivity contribution in [3.05, 3.63) is 64.5 Å². The Morgan fingerprint density at radius 3 is 2.58 bits per heavy atom. The van der Waals surface area contributed by atoms with Gasteiger partial charge < -0.3 is 9.26 Å². The molecule has 5 heteroatoms. The van der Waals surface area contributed by atoms with Crippen LogP contribution in [0.4, 0.5) is 0 Å². The Kier molecular flexibility index (Phi) is 4.86. The number of halogens is 1. The third kappa shape index (κ3) is 3.77. The molecule has 0 fully saturated rings. The Labute approximate surface area is 146 Å². The molecule has 2 aromatic carbocycles. The number of hydrogen-bond donors (Lipinski definition) is 0. The molecular weight excluding hydrogens is 324 g/mol. The normalized spacial score (nSPS) is 11.0. The monoisotopic (exact) mass is 342 g/mol. The second-order valence-electron chi connectivity index (χ2n) is 6.00. The van der Waals surface area contributed by atoms with Crippen LogP contribution in [-0.4, -0.2) is 10.1 Å². The van der Waals surface area contributed by atoms with Crippen LogP contribution in [0.5, 0.6) is 5.75 Å². The number of aromatic nitrogens is 2. The highest BCUT2D eigenvalue weighted by Crippen LogP contribution is 2.28. The van der Waals surface area contributed by atoms with E-state index < -0.39 is 0 Å². The van der Waals surface area contributed by atoms with Gasteiger partial charge in [0.15, 0.2) is 6.61 Å². The maximum Gasteiger partial charge on any atom is 0.264 e. The molecule has 0 spiro atoms. The molecule has 0 aliphatic rings. The van der Waals surface area contributed by atoms with Crippen molar-refractivity contribution in [1.29, 1.82) is 0 Å². The first kappa shape index (κ1) is 16.5. The van der Waals surface area contributed by atoms with Crippen LogP contribution < -0.4 is 4.74 Å². The zero-order valence-corrected chi connectivity index (χ0v) is 14.7. The fraction of sp³-hybridized carbons (Fsp3) is 0.263. The lowest BCUT2D eigenvalue weighted by molar-refractivity contribution is 0.240. The summed E-state index contributed by atoms with van der Waals surface area (Å²) in [6, 6.07) is 13.5. The summed E-state index contributed by atoms with van der Waals surface area (Å²) in [5.74, 6) is 2.21. The Morgan fingerprint density at radius 1 is 1.12 bits per heavy atom. The molecule has 0 bridgehead atoms. The smallest absolute Gasteiger partial charge is 0.264 e. The van der Waals surface area contributed by atoms with E-state index in [0.717, 1.165) is 22.4 Å². The lowest BCUT2D eigenvalue weighted by atomic mass is 10.0. The van der Waals surface area contributed by atoms with Crippen LogP contribution in [0.3, 0.4) is 0 Å². The van der Waals surface area contributed by atoms with Gasteiger partial charge in [0.2, 0.25) is 5.82 Å². The lowest BCUT2D eigenvalue weighted by Gasteiger charge is -2.13. The number of benzene rings is 2. The maximum absolute atomic E-state index is 5.92. The van der Waals surface area contributed by atoms with Gasteiger partial charge in [-0.3, -0.25) is 0 Å². The second kappa shape index (κ2) is 7.05. The minimum Gasteiger partial charge on any atom is -0.483 e. The number of nitrogens with zero attached hydrogens (tertiary/aromatic N) is 2. The van der Waals surface area contributed by atoms with Crippen LogP contribution >= 0.6 is 11.6 Å². The molecule has 0 atom stereocenters. The SMILES string of the molecule is Cc1ccc(C(C)C)c(OCc2nc(-c3ccc(Cl)cc3)no2)c1. The van der Waals surface area contributed by atoms with E-state index in [0.29, 0.717) is 22.7 Å². The van der Waals surface area contributed by atoms with Gasteiger partial charge >= 0.3 is 0 Å². The van der Waals surface area contributed by atoms with Gasteiger partial charge in [-0.15, -0.1) is 0 Å². The van der Waals surface area contributed by atoms with Crippen molar-refractivity contribution >= 4 is 11.6 Å². The maximum atomic E-state index is 5.92. The number of ether oxygens (including phenoxy) is 1. The summed E-state index contributed by atoms with van der Waals surface area (Å²) in [5.41, 5.74) is 3.17. The van der Waals surface area contributed by atoms with Crippen molar-refractivity contribution in [3.8, 4) is 17.1 Å². The minimum absolute atomic E-state index is 0.240. The van der Waals surface area contributed by atoms with E-state index in [2.05, 4.69) is 36.1 Å². The highest BCUT2D eigenvalue weighted by atomic mass is 35.5. The molecular formula is C19H19ClN2O2. The molecule has 124 valence electrons. The van der Waals surface area contributed by atoms with Crippen LogP contribution in [0.25, 0.3) is 11.4 Å². The van der Waals surface area contributed by atoms with Gasteiger partial charge in [0.05, 0.1) is 0 Å². The van der Waals surface area contributed by atoms with Gasteiger partial charge in [-0.1, -0.05) is 42.7 Å². The Hall–Kier alpha value is -2.33. The first-order valence-corrected chi connectivity index (χ1v) is 8.22. The summed E-state index contributed by atoms with van der Waals surface area (Å²) in [6.07, 6.45) is 0. The topological polar surface area (TPSA) is 48.2 Å². The molecule has 0 N–H and O–H groups in total. The standard InChI is InChI=1S/C19H19ClN2O2/c1-12(2)16-9-4-13(3)10-17(16)23-11-18-21-19(22-24-18)14-5-7-15(20)8-6-14/h4-10,12H,11H2,1-3H3. The van der Waals surface area contributed by atoms with E-state index in [1.54, 1.807) is 12.1 Å². The Balaban J connectivity index is 1.74. The van der Waals surface area contributed by atoms with Crippen molar-refractivity contribution in [2.24, 2.45) is 0 Å². The fourth-order valence-electron chi connectivity index (χ4n) is 2.41. The number of rotatable bonds is 5. The van der Waals surface area contributed by atoms with E-state index in [4.69, 9.17) is 20.9 Å². The Morgan fingerprint density at radius 2 is 1.88 bits per heavy atom. The summed E-state index contributed by atoms with van der Waals surface area (Å²) in [7, 11) is 0. The highest BCUT2D eigenvalue weighted by molar-refractivity contribution is 6.30. The molecule has 3 aromatic rings. The van der Waals surface area contributed by atoms with Crippen molar-refractivity contribution in [2.45, 2.75) is 33.3 Å². The number of aryl methyl sites for hydroxylation is 1. The van der Waals surface area contributed by atoms with E-state index in [9.17, 15) is 0 Å². The van der Waals surface area contributed by atoms with Crippen LogP contribution in [0.1, 0.15) is 36.8 Å². The second-order valence-corrected chi connectivity index (χ2v) is 6.44. The fourth-order valence-corrected chi connectivity index (χ4v) is 2.54.